The molecule has 0 fully saturated rings. The Hall–Kier alpha value is -2.70. The lowest BCUT2D eigenvalue weighted by atomic mass is 10.1. The van der Waals surface area contributed by atoms with Crippen molar-refractivity contribution >= 4 is 23.0 Å². The third-order valence-corrected chi connectivity index (χ3v) is 2.98. The van der Waals surface area contributed by atoms with E-state index in [4.69, 9.17) is 5.73 Å². The molecule has 0 spiro atoms. The van der Waals surface area contributed by atoms with Crippen LogP contribution in [-0.4, -0.2) is 13.1 Å². The maximum Gasteiger partial charge on any atom is 0.416 e. The average molecular weight is 310 g/mol. The van der Waals surface area contributed by atoms with Gasteiger partial charge in [0, 0.05) is 0 Å². The number of halogens is 3. The normalized spacial score (nSPS) is 11.1. The zero-order chi connectivity index (χ0) is 16.3. The van der Waals surface area contributed by atoms with E-state index in [-0.39, 0.29) is 16.9 Å². The van der Waals surface area contributed by atoms with Crippen LogP contribution >= 0.6 is 0 Å². The number of methoxy groups -OCH3 is 1. The van der Waals surface area contributed by atoms with Crippen LogP contribution in [0.1, 0.15) is 15.9 Å². The largest absolute Gasteiger partial charge is 0.465 e. The number of hydrogen-bond acceptors (Lipinski definition) is 4. The number of carbonyl (C=O) groups excluding carboxylic acids is 1. The Morgan fingerprint density at radius 2 is 1.82 bits per heavy atom. The number of carbonyl (C=O) groups is 1. The Morgan fingerprint density at radius 3 is 2.41 bits per heavy atom. The molecule has 0 bridgehead atoms. The summed E-state index contributed by atoms with van der Waals surface area (Å²) in [5.41, 5.74) is 5.65. The first-order valence-corrected chi connectivity index (χ1v) is 6.24. The standard InChI is InChI=1S/C15H13F3N2O2/c1-22-14(21)10-4-2-3-5-12(10)20-13-7-6-9(8-11(13)19)15(16,17)18/h2-8,20H,19H2,1H3. The van der Waals surface area contributed by atoms with E-state index < -0.39 is 17.7 Å². The molecule has 0 aromatic heterocycles. The molecule has 2 aromatic rings. The van der Waals surface area contributed by atoms with Crippen LogP contribution in [0, 0.1) is 0 Å². The maximum atomic E-state index is 12.6. The van der Waals surface area contributed by atoms with Gasteiger partial charge in [-0.25, -0.2) is 4.79 Å². The van der Waals surface area contributed by atoms with Crippen LogP contribution < -0.4 is 11.1 Å². The van der Waals surface area contributed by atoms with Crippen molar-refractivity contribution in [3.05, 3.63) is 53.6 Å². The summed E-state index contributed by atoms with van der Waals surface area (Å²) in [6, 6.07) is 9.43. The highest BCUT2D eigenvalue weighted by atomic mass is 19.4. The van der Waals surface area contributed by atoms with Crippen LogP contribution in [0.3, 0.4) is 0 Å². The highest BCUT2D eigenvalue weighted by molar-refractivity contribution is 5.97. The lowest BCUT2D eigenvalue weighted by Crippen LogP contribution is -2.08. The lowest BCUT2D eigenvalue weighted by Gasteiger charge is -2.14. The topological polar surface area (TPSA) is 64.3 Å². The van der Waals surface area contributed by atoms with Gasteiger partial charge in [-0.15, -0.1) is 0 Å². The average Bonchev–Trinajstić information content (AvgIpc) is 2.48. The van der Waals surface area contributed by atoms with Gasteiger partial charge in [-0.1, -0.05) is 12.1 Å². The van der Waals surface area contributed by atoms with Crippen molar-refractivity contribution < 1.29 is 22.7 Å². The summed E-state index contributed by atoms with van der Waals surface area (Å²) in [7, 11) is 1.24. The van der Waals surface area contributed by atoms with E-state index in [0.29, 0.717) is 5.69 Å². The first-order valence-electron chi connectivity index (χ1n) is 6.24. The molecule has 0 radical (unpaired) electrons. The molecule has 3 N–H and O–H groups in total. The van der Waals surface area contributed by atoms with Gasteiger partial charge in [0.2, 0.25) is 0 Å². The molecule has 0 amide bonds. The van der Waals surface area contributed by atoms with Crippen molar-refractivity contribution in [2.45, 2.75) is 6.18 Å². The van der Waals surface area contributed by atoms with E-state index in [1.54, 1.807) is 18.2 Å². The number of nitrogens with one attached hydrogen (secondary N) is 1. The molecule has 0 saturated heterocycles. The van der Waals surface area contributed by atoms with Gasteiger partial charge in [-0.2, -0.15) is 13.2 Å². The van der Waals surface area contributed by atoms with Crippen molar-refractivity contribution in [3.8, 4) is 0 Å². The van der Waals surface area contributed by atoms with E-state index in [0.717, 1.165) is 12.1 Å². The molecule has 0 aliphatic heterocycles. The van der Waals surface area contributed by atoms with Gasteiger partial charge in [-0.05, 0) is 30.3 Å². The van der Waals surface area contributed by atoms with Crippen LogP contribution in [0.2, 0.25) is 0 Å². The summed E-state index contributed by atoms with van der Waals surface area (Å²) in [6.07, 6.45) is -4.46. The van der Waals surface area contributed by atoms with E-state index in [1.807, 2.05) is 0 Å². The Bertz CT molecular complexity index is 699. The second kappa shape index (κ2) is 5.97. The Balaban J connectivity index is 2.34. The van der Waals surface area contributed by atoms with Crippen molar-refractivity contribution in [3.63, 3.8) is 0 Å². The predicted octanol–water partition coefficient (Wildman–Crippen LogP) is 3.82. The zero-order valence-electron chi connectivity index (χ0n) is 11.6. The quantitative estimate of drug-likeness (QED) is 0.668. The van der Waals surface area contributed by atoms with Gasteiger partial charge in [0.15, 0.2) is 0 Å². The van der Waals surface area contributed by atoms with E-state index >= 15 is 0 Å². The third kappa shape index (κ3) is 3.30. The van der Waals surface area contributed by atoms with Gasteiger partial charge in [0.05, 0.1) is 35.3 Å². The highest BCUT2D eigenvalue weighted by Gasteiger charge is 2.30. The fraction of sp³-hybridized carbons (Fsp3) is 0.133. The lowest BCUT2D eigenvalue weighted by molar-refractivity contribution is -0.137. The van der Waals surface area contributed by atoms with Crippen molar-refractivity contribution in [1.29, 1.82) is 0 Å². The van der Waals surface area contributed by atoms with Crippen LogP contribution in [-0.2, 0) is 10.9 Å². The monoisotopic (exact) mass is 310 g/mol. The van der Waals surface area contributed by atoms with Crippen LogP contribution in [0.5, 0.6) is 0 Å². The summed E-state index contributed by atoms with van der Waals surface area (Å²) in [4.78, 5) is 11.7. The Kier molecular flexibility index (Phi) is 4.25. The number of ether oxygens (including phenoxy) is 1. The maximum absolute atomic E-state index is 12.6. The first kappa shape index (κ1) is 15.7. The van der Waals surface area contributed by atoms with E-state index in [9.17, 15) is 18.0 Å². The zero-order valence-corrected chi connectivity index (χ0v) is 11.6. The molecule has 0 saturated carbocycles. The van der Waals surface area contributed by atoms with Crippen LogP contribution in [0.15, 0.2) is 42.5 Å². The smallest absolute Gasteiger partial charge is 0.416 e. The summed E-state index contributed by atoms with van der Waals surface area (Å²) in [5, 5.41) is 2.84. The minimum atomic E-state index is -4.46. The number of hydrogen-bond donors (Lipinski definition) is 2. The van der Waals surface area contributed by atoms with E-state index in [2.05, 4.69) is 10.1 Å². The second-order valence-electron chi connectivity index (χ2n) is 4.46. The first-order chi connectivity index (χ1) is 10.3. The predicted molar refractivity (Wildman–Crippen MR) is 76.9 cm³/mol. The Morgan fingerprint density at radius 1 is 1.14 bits per heavy atom. The number of anilines is 3. The molecule has 0 unspecified atom stereocenters. The number of esters is 1. The highest BCUT2D eigenvalue weighted by Crippen LogP contribution is 2.34. The van der Waals surface area contributed by atoms with Gasteiger partial charge in [-0.3, -0.25) is 0 Å². The van der Waals surface area contributed by atoms with Gasteiger partial charge >= 0.3 is 12.1 Å². The number of para-hydroxylation sites is 1. The number of benzene rings is 2. The molecule has 0 atom stereocenters. The summed E-state index contributed by atoms with van der Waals surface area (Å²) >= 11 is 0. The fourth-order valence-corrected chi connectivity index (χ4v) is 1.88. The number of nitrogens with two attached hydrogens (primary N) is 1. The molecule has 116 valence electrons. The Labute approximate surface area is 124 Å². The van der Waals surface area contributed by atoms with Crippen molar-refractivity contribution in [2.75, 3.05) is 18.2 Å². The van der Waals surface area contributed by atoms with Crippen LogP contribution in [0.25, 0.3) is 0 Å². The molecule has 0 aliphatic carbocycles. The third-order valence-electron chi connectivity index (χ3n) is 2.98. The minimum absolute atomic E-state index is 0.0745. The van der Waals surface area contributed by atoms with Crippen LogP contribution in [0.4, 0.5) is 30.2 Å². The van der Waals surface area contributed by atoms with Gasteiger partial charge in [0.25, 0.3) is 0 Å². The van der Waals surface area contributed by atoms with Gasteiger partial charge < -0.3 is 15.8 Å². The summed E-state index contributed by atoms with van der Waals surface area (Å²) in [5.74, 6) is -0.561. The molecule has 7 heteroatoms. The molecule has 2 rings (SSSR count). The van der Waals surface area contributed by atoms with E-state index in [1.165, 1.54) is 19.2 Å². The van der Waals surface area contributed by atoms with Gasteiger partial charge in [0.1, 0.15) is 0 Å². The minimum Gasteiger partial charge on any atom is -0.465 e. The molecule has 4 nitrogen and oxygen atoms in total. The SMILES string of the molecule is COC(=O)c1ccccc1Nc1ccc(C(F)(F)F)cc1N. The second-order valence-corrected chi connectivity index (χ2v) is 4.46. The molecular formula is C15H13F3N2O2. The fourth-order valence-electron chi connectivity index (χ4n) is 1.88. The summed E-state index contributed by atoms with van der Waals surface area (Å²) < 4.78 is 42.5. The number of nitrogen functional groups attached to an aromatic ring is 1. The molecular weight excluding hydrogens is 297 g/mol. The molecule has 0 aliphatic rings. The molecule has 0 heterocycles. The number of alkyl halides is 3. The molecule has 2 aromatic carbocycles. The summed E-state index contributed by atoms with van der Waals surface area (Å²) in [6.45, 7) is 0. The molecule has 22 heavy (non-hydrogen) atoms. The van der Waals surface area contributed by atoms with Crippen molar-refractivity contribution in [1.82, 2.24) is 0 Å². The number of rotatable bonds is 3. The van der Waals surface area contributed by atoms with Crippen molar-refractivity contribution in [2.24, 2.45) is 0 Å².